The van der Waals surface area contributed by atoms with Gasteiger partial charge in [0.05, 0.1) is 27.0 Å². The van der Waals surface area contributed by atoms with E-state index in [1.807, 2.05) is 18.2 Å². The second-order valence-electron chi connectivity index (χ2n) is 7.00. The number of rotatable bonds is 5. The monoisotopic (exact) mass is 520 g/mol. The lowest BCUT2D eigenvalue weighted by molar-refractivity contribution is -0.114. The summed E-state index contributed by atoms with van der Waals surface area (Å²) in [7, 11) is -4.19. The lowest BCUT2D eigenvalue weighted by Crippen LogP contribution is -2.21. The lowest BCUT2D eigenvalue weighted by Gasteiger charge is -2.12. The smallest absolute Gasteiger partial charge is 0.339 e. The molecule has 0 fully saturated rings. The fourth-order valence-corrected chi connectivity index (χ4v) is 4.86. The molecule has 0 unspecified atom stereocenters. The van der Waals surface area contributed by atoms with Crippen LogP contribution in [0.1, 0.15) is 12.5 Å². The average Bonchev–Trinajstić information content (AvgIpc) is 3.05. The van der Waals surface area contributed by atoms with Crippen molar-refractivity contribution in [2.24, 2.45) is 5.10 Å². The van der Waals surface area contributed by atoms with Crippen molar-refractivity contribution in [3.8, 4) is 5.75 Å². The summed E-state index contributed by atoms with van der Waals surface area (Å²) in [6.45, 7) is 1.71. The van der Waals surface area contributed by atoms with Gasteiger partial charge in [-0.25, -0.2) is 0 Å². The molecule has 168 valence electrons. The molecule has 33 heavy (non-hydrogen) atoms. The first-order valence-electron chi connectivity index (χ1n) is 9.51. The highest BCUT2D eigenvalue weighted by molar-refractivity contribution is 7.87. The summed E-state index contributed by atoms with van der Waals surface area (Å²) in [5, 5.41) is 5.94. The zero-order valence-corrected chi connectivity index (χ0v) is 20.1. The Labute approximate surface area is 205 Å². The van der Waals surface area contributed by atoms with Gasteiger partial charge in [0.1, 0.15) is 4.90 Å². The Morgan fingerprint density at radius 3 is 2.15 bits per heavy atom. The molecule has 1 aliphatic heterocycles. The fraction of sp³-hybridized carbons (Fsp3) is 0.0435. The number of para-hydroxylation sites is 1. The summed E-state index contributed by atoms with van der Waals surface area (Å²) < 4.78 is 30.3. The van der Waals surface area contributed by atoms with Gasteiger partial charge in [-0.3, -0.25) is 4.79 Å². The van der Waals surface area contributed by atoms with E-state index in [-0.39, 0.29) is 26.6 Å². The maximum Gasteiger partial charge on any atom is 0.339 e. The van der Waals surface area contributed by atoms with Crippen LogP contribution >= 0.6 is 34.8 Å². The third-order valence-electron chi connectivity index (χ3n) is 4.69. The maximum atomic E-state index is 12.9. The van der Waals surface area contributed by atoms with E-state index in [9.17, 15) is 13.2 Å². The van der Waals surface area contributed by atoms with E-state index in [0.29, 0.717) is 27.6 Å². The number of benzene rings is 3. The molecule has 0 spiro atoms. The Morgan fingerprint density at radius 1 is 0.939 bits per heavy atom. The Kier molecular flexibility index (Phi) is 6.50. The molecule has 10 heteroatoms. The molecule has 6 nitrogen and oxygen atoms in total. The van der Waals surface area contributed by atoms with Crippen LogP contribution in [0.5, 0.6) is 5.75 Å². The number of carbonyl (C=O) groups excluding carboxylic acids is 1. The third-order valence-corrected chi connectivity index (χ3v) is 6.74. The van der Waals surface area contributed by atoms with Gasteiger partial charge in [0.15, 0.2) is 5.75 Å². The number of hydrazone groups is 1. The molecular weight excluding hydrogens is 507 g/mol. The summed E-state index contributed by atoms with van der Waals surface area (Å²) in [4.78, 5) is 12.8. The molecule has 0 aliphatic carbocycles. The van der Waals surface area contributed by atoms with E-state index in [0.717, 1.165) is 0 Å². The number of hydrogen-bond donors (Lipinski definition) is 0. The summed E-state index contributed by atoms with van der Waals surface area (Å²) >= 11 is 18.4. The summed E-state index contributed by atoms with van der Waals surface area (Å²) in [6, 6.07) is 17.4. The molecule has 4 rings (SSSR count). The minimum atomic E-state index is -4.19. The van der Waals surface area contributed by atoms with Crippen molar-refractivity contribution in [2.75, 3.05) is 5.01 Å². The van der Waals surface area contributed by atoms with Crippen molar-refractivity contribution >= 4 is 68.3 Å². The van der Waals surface area contributed by atoms with Crippen LogP contribution in [0.4, 0.5) is 5.69 Å². The molecule has 0 saturated carbocycles. The summed E-state index contributed by atoms with van der Waals surface area (Å²) in [5.41, 5.74) is 1.99. The Morgan fingerprint density at radius 2 is 1.55 bits per heavy atom. The van der Waals surface area contributed by atoms with Gasteiger partial charge in [0, 0.05) is 5.02 Å². The molecule has 3 aromatic carbocycles. The van der Waals surface area contributed by atoms with Gasteiger partial charge < -0.3 is 4.18 Å². The van der Waals surface area contributed by atoms with Crippen molar-refractivity contribution in [3.05, 3.63) is 92.9 Å². The zero-order chi connectivity index (χ0) is 23.8. The molecular formula is C23H15Cl3N2O4S. The minimum absolute atomic E-state index is 0.0353. The minimum Gasteiger partial charge on any atom is -0.376 e. The van der Waals surface area contributed by atoms with Crippen LogP contribution in [0.3, 0.4) is 0 Å². The predicted molar refractivity (Wildman–Crippen MR) is 131 cm³/mol. The van der Waals surface area contributed by atoms with Gasteiger partial charge in [-0.2, -0.15) is 18.5 Å². The molecule has 0 atom stereocenters. The van der Waals surface area contributed by atoms with Crippen molar-refractivity contribution in [3.63, 3.8) is 0 Å². The van der Waals surface area contributed by atoms with Crippen molar-refractivity contribution in [2.45, 2.75) is 11.8 Å². The highest BCUT2D eigenvalue weighted by Gasteiger charge is 2.29. The quantitative estimate of drug-likeness (QED) is 0.295. The number of anilines is 1. The van der Waals surface area contributed by atoms with E-state index < -0.39 is 10.1 Å². The van der Waals surface area contributed by atoms with Crippen molar-refractivity contribution in [1.29, 1.82) is 0 Å². The fourth-order valence-electron chi connectivity index (χ4n) is 3.10. The number of hydrogen-bond acceptors (Lipinski definition) is 5. The maximum absolute atomic E-state index is 12.9. The molecule has 0 saturated heterocycles. The van der Waals surface area contributed by atoms with Crippen molar-refractivity contribution in [1.82, 2.24) is 0 Å². The van der Waals surface area contributed by atoms with Gasteiger partial charge in [-0.05, 0) is 67.1 Å². The number of carbonyl (C=O) groups is 1. The Hall–Kier alpha value is -2.84. The summed E-state index contributed by atoms with van der Waals surface area (Å²) in [6.07, 6.45) is 1.58. The highest BCUT2D eigenvalue weighted by Crippen LogP contribution is 2.37. The normalized spacial score (nSPS) is 15.2. The highest BCUT2D eigenvalue weighted by atomic mass is 35.5. The molecule has 1 heterocycles. The predicted octanol–water partition coefficient (Wildman–Crippen LogP) is 6.22. The summed E-state index contributed by atoms with van der Waals surface area (Å²) in [5.74, 6) is -0.527. The zero-order valence-electron chi connectivity index (χ0n) is 17.0. The standard InChI is InChI=1S/C23H15Cl3N2O4S/c1-14-19(23(29)28(27-14)17-5-3-2-4-6-17)11-15-12-20(25)22(21(26)13-15)32-33(30,31)18-9-7-16(24)8-10-18/h2-13H,1H3/b19-11+. The first kappa shape index (κ1) is 23.3. The molecule has 0 radical (unpaired) electrons. The second-order valence-corrected chi connectivity index (χ2v) is 9.80. The molecule has 1 amide bonds. The number of amides is 1. The molecule has 1 aliphatic rings. The lowest BCUT2D eigenvalue weighted by atomic mass is 10.1. The average molecular weight is 522 g/mol. The first-order chi connectivity index (χ1) is 15.7. The number of nitrogens with zero attached hydrogens (tertiary/aromatic N) is 2. The van der Waals surface area contributed by atoms with Crippen LogP contribution in [0.2, 0.25) is 15.1 Å². The van der Waals surface area contributed by atoms with Crippen LogP contribution in [0.15, 0.2) is 82.3 Å². The van der Waals surface area contributed by atoms with E-state index in [4.69, 9.17) is 39.0 Å². The Bertz CT molecular complexity index is 1380. The van der Waals surface area contributed by atoms with Crippen LogP contribution < -0.4 is 9.19 Å². The molecule has 0 bridgehead atoms. The topological polar surface area (TPSA) is 76.0 Å². The first-order valence-corrected chi connectivity index (χ1v) is 12.1. The number of halogens is 3. The van der Waals surface area contributed by atoms with Crippen molar-refractivity contribution < 1.29 is 17.4 Å². The SMILES string of the molecule is CC1=NN(c2ccccc2)C(=O)/C1=C/c1cc(Cl)c(OS(=O)(=O)c2ccc(Cl)cc2)c(Cl)c1. The molecule has 0 N–H and O–H groups in total. The van der Waals surface area contributed by atoms with Gasteiger partial charge in [-0.15, -0.1) is 0 Å². The van der Waals surface area contributed by atoms with E-state index in [1.165, 1.54) is 41.4 Å². The van der Waals surface area contributed by atoms with E-state index in [2.05, 4.69) is 5.10 Å². The molecule has 0 aromatic heterocycles. The van der Waals surface area contributed by atoms with Crippen LogP contribution in [-0.4, -0.2) is 20.0 Å². The van der Waals surface area contributed by atoms with Gasteiger partial charge in [-0.1, -0.05) is 53.0 Å². The van der Waals surface area contributed by atoms with E-state index in [1.54, 1.807) is 25.1 Å². The largest absolute Gasteiger partial charge is 0.376 e. The third kappa shape index (κ3) is 4.91. The van der Waals surface area contributed by atoms with Gasteiger partial charge >= 0.3 is 10.1 Å². The molecule has 3 aromatic rings. The van der Waals surface area contributed by atoms with Crippen LogP contribution in [-0.2, 0) is 14.9 Å². The Balaban J connectivity index is 1.63. The van der Waals surface area contributed by atoms with Gasteiger partial charge in [0.2, 0.25) is 0 Å². The van der Waals surface area contributed by atoms with E-state index >= 15 is 0 Å². The van der Waals surface area contributed by atoms with Gasteiger partial charge in [0.25, 0.3) is 5.91 Å². The van der Waals surface area contributed by atoms with Crippen LogP contribution in [0.25, 0.3) is 6.08 Å². The second kappa shape index (κ2) is 9.19. The van der Waals surface area contributed by atoms with Crippen LogP contribution in [0, 0.1) is 0 Å².